The highest BCUT2D eigenvalue weighted by Gasteiger charge is 2.14. The lowest BCUT2D eigenvalue weighted by Gasteiger charge is -2.09. The summed E-state index contributed by atoms with van der Waals surface area (Å²) < 4.78 is 2.23. The van der Waals surface area contributed by atoms with Crippen LogP contribution < -0.4 is 0 Å². The summed E-state index contributed by atoms with van der Waals surface area (Å²) in [6.07, 6.45) is 3.54. The first-order valence-electron chi connectivity index (χ1n) is 8.35. The summed E-state index contributed by atoms with van der Waals surface area (Å²) in [5.74, 6) is 0. The SMILES string of the molecule is c1ccc2cc3c(cc2c1)c1nccnc1n1c2ccccc2cc31. The summed E-state index contributed by atoms with van der Waals surface area (Å²) in [5, 5.41) is 6.04. The third kappa shape index (κ3) is 1.64. The zero-order valence-electron chi connectivity index (χ0n) is 13.3. The minimum absolute atomic E-state index is 0.904. The lowest BCUT2D eigenvalue weighted by Crippen LogP contribution is -1.95. The van der Waals surface area contributed by atoms with E-state index in [0.29, 0.717) is 0 Å². The Labute approximate surface area is 143 Å². The van der Waals surface area contributed by atoms with Crippen LogP contribution in [0.3, 0.4) is 0 Å². The highest BCUT2D eigenvalue weighted by atomic mass is 15.0. The Hall–Kier alpha value is -3.46. The quantitative estimate of drug-likeness (QED) is 0.279. The summed E-state index contributed by atoms with van der Waals surface area (Å²) in [4.78, 5) is 9.33. The molecular formula is C22H13N3. The molecule has 116 valence electrons. The van der Waals surface area contributed by atoms with Gasteiger partial charge in [-0.2, -0.15) is 0 Å². The molecule has 25 heavy (non-hydrogen) atoms. The van der Waals surface area contributed by atoms with Crippen LogP contribution in [-0.4, -0.2) is 14.4 Å². The molecule has 3 aromatic heterocycles. The Bertz CT molecular complexity index is 1440. The Morgan fingerprint density at radius 2 is 1.28 bits per heavy atom. The molecule has 3 heteroatoms. The third-order valence-corrected chi connectivity index (χ3v) is 5.02. The second-order valence-electron chi connectivity index (χ2n) is 6.40. The molecule has 0 atom stereocenters. The predicted molar refractivity (Wildman–Crippen MR) is 103 cm³/mol. The highest BCUT2D eigenvalue weighted by Crippen LogP contribution is 2.34. The Kier molecular flexibility index (Phi) is 2.35. The standard InChI is InChI=1S/C22H13N3/c1-2-6-15-12-18-17(11-14(15)5-1)20-13-16-7-3-4-8-19(16)25(20)22-21(18)23-9-10-24-22/h1-13H. The average molecular weight is 319 g/mol. The van der Waals surface area contributed by atoms with E-state index in [1.54, 1.807) is 12.4 Å². The van der Waals surface area contributed by atoms with Crippen LogP contribution in [0.5, 0.6) is 0 Å². The maximum atomic E-state index is 4.67. The van der Waals surface area contributed by atoms with E-state index in [1.165, 1.54) is 27.1 Å². The number of hydrogen-bond acceptors (Lipinski definition) is 2. The minimum Gasteiger partial charge on any atom is -0.292 e. The molecule has 3 aromatic carbocycles. The molecule has 0 spiro atoms. The summed E-state index contributed by atoms with van der Waals surface area (Å²) in [6.45, 7) is 0. The van der Waals surface area contributed by atoms with Gasteiger partial charge in [-0.25, -0.2) is 4.98 Å². The summed E-state index contributed by atoms with van der Waals surface area (Å²) >= 11 is 0. The van der Waals surface area contributed by atoms with Crippen molar-refractivity contribution in [3.63, 3.8) is 0 Å². The van der Waals surface area contributed by atoms with Gasteiger partial charge in [0.2, 0.25) is 0 Å². The largest absolute Gasteiger partial charge is 0.292 e. The number of aromatic nitrogens is 3. The molecule has 0 fully saturated rings. The van der Waals surface area contributed by atoms with Crippen molar-refractivity contribution < 1.29 is 0 Å². The second kappa shape index (κ2) is 4.54. The number of benzene rings is 3. The molecule has 0 aliphatic heterocycles. The van der Waals surface area contributed by atoms with Gasteiger partial charge in [0.1, 0.15) is 5.52 Å². The van der Waals surface area contributed by atoms with Crippen LogP contribution >= 0.6 is 0 Å². The topological polar surface area (TPSA) is 30.2 Å². The van der Waals surface area contributed by atoms with E-state index in [4.69, 9.17) is 0 Å². The molecule has 3 heterocycles. The molecule has 0 saturated heterocycles. The van der Waals surface area contributed by atoms with Crippen LogP contribution in [0.2, 0.25) is 0 Å². The number of fused-ring (bicyclic) bond motifs is 9. The van der Waals surface area contributed by atoms with Crippen molar-refractivity contribution in [2.75, 3.05) is 0 Å². The van der Waals surface area contributed by atoms with E-state index in [2.05, 4.69) is 81.1 Å². The number of nitrogens with zero attached hydrogens (tertiary/aromatic N) is 3. The van der Waals surface area contributed by atoms with Gasteiger partial charge in [-0.05, 0) is 35.0 Å². The molecule has 6 rings (SSSR count). The number of para-hydroxylation sites is 1. The zero-order chi connectivity index (χ0) is 16.4. The van der Waals surface area contributed by atoms with E-state index in [0.717, 1.165) is 22.1 Å². The van der Waals surface area contributed by atoms with E-state index in [1.807, 2.05) is 0 Å². The van der Waals surface area contributed by atoms with Gasteiger partial charge in [-0.3, -0.25) is 9.38 Å². The lowest BCUT2D eigenvalue weighted by atomic mass is 10.0. The van der Waals surface area contributed by atoms with Crippen molar-refractivity contribution in [3.8, 4) is 0 Å². The number of pyridine rings is 1. The maximum absolute atomic E-state index is 4.67. The van der Waals surface area contributed by atoms with Gasteiger partial charge in [-0.1, -0.05) is 42.5 Å². The normalized spacial score (nSPS) is 12.0. The van der Waals surface area contributed by atoms with Gasteiger partial charge in [0.05, 0.1) is 11.0 Å². The van der Waals surface area contributed by atoms with E-state index < -0.39 is 0 Å². The van der Waals surface area contributed by atoms with E-state index in [9.17, 15) is 0 Å². The summed E-state index contributed by atoms with van der Waals surface area (Å²) in [5.41, 5.74) is 4.19. The molecule has 0 N–H and O–H groups in total. The smallest absolute Gasteiger partial charge is 0.164 e. The van der Waals surface area contributed by atoms with Crippen molar-refractivity contribution in [3.05, 3.63) is 79.1 Å². The first-order valence-corrected chi connectivity index (χ1v) is 8.35. The number of hydrogen-bond donors (Lipinski definition) is 0. The van der Waals surface area contributed by atoms with Crippen LogP contribution in [0.4, 0.5) is 0 Å². The summed E-state index contributed by atoms with van der Waals surface area (Å²) in [7, 11) is 0. The number of rotatable bonds is 0. The maximum Gasteiger partial charge on any atom is 0.164 e. The fraction of sp³-hybridized carbons (Fsp3) is 0. The molecule has 0 bridgehead atoms. The first kappa shape index (κ1) is 12.9. The lowest BCUT2D eigenvalue weighted by molar-refractivity contribution is 1.20. The third-order valence-electron chi connectivity index (χ3n) is 5.02. The molecular weight excluding hydrogens is 306 g/mol. The van der Waals surface area contributed by atoms with Gasteiger partial charge in [0.25, 0.3) is 0 Å². The molecule has 0 unspecified atom stereocenters. The van der Waals surface area contributed by atoms with Crippen LogP contribution in [0, 0.1) is 0 Å². The zero-order valence-corrected chi connectivity index (χ0v) is 13.3. The van der Waals surface area contributed by atoms with Crippen molar-refractivity contribution in [1.29, 1.82) is 0 Å². The molecule has 0 aliphatic carbocycles. The average Bonchev–Trinajstić information content (AvgIpc) is 3.07. The van der Waals surface area contributed by atoms with Gasteiger partial charge in [0.15, 0.2) is 5.65 Å². The Morgan fingerprint density at radius 3 is 2.12 bits per heavy atom. The first-order chi connectivity index (χ1) is 12.4. The van der Waals surface area contributed by atoms with Gasteiger partial charge < -0.3 is 0 Å². The fourth-order valence-electron chi connectivity index (χ4n) is 3.91. The van der Waals surface area contributed by atoms with Crippen LogP contribution in [0.1, 0.15) is 0 Å². The van der Waals surface area contributed by atoms with Gasteiger partial charge in [-0.15, -0.1) is 0 Å². The Morgan fingerprint density at radius 1 is 0.600 bits per heavy atom. The molecule has 6 aromatic rings. The van der Waals surface area contributed by atoms with E-state index in [-0.39, 0.29) is 0 Å². The van der Waals surface area contributed by atoms with E-state index >= 15 is 0 Å². The fourth-order valence-corrected chi connectivity index (χ4v) is 3.91. The van der Waals surface area contributed by atoms with Crippen molar-refractivity contribution >= 4 is 49.1 Å². The minimum atomic E-state index is 0.904. The Balaban J connectivity index is 2.01. The predicted octanol–water partition coefficient (Wildman–Crippen LogP) is 5.34. The molecule has 0 radical (unpaired) electrons. The summed E-state index contributed by atoms with van der Waals surface area (Å²) in [6, 6.07) is 23.7. The highest BCUT2D eigenvalue weighted by molar-refractivity contribution is 6.17. The van der Waals surface area contributed by atoms with Crippen LogP contribution in [-0.2, 0) is 0 Å². The second-order valence-corrected chi connectivity index (χ2v) is 6.40. The van der Waals surface area contributed by atoms with Crippen molar-refractivity contribution in [2.45, 2.75) is 0 Å². The van der Waals surface area contributed by atoms with Crippen LogP contribution in [0.15, 0.2) is 79.1 Å². The monoisotopic (exact) mass is 319 g/mol. The molecule has 3 nitrogen and oxygen atoms in total. The van der Waals surface area contributed by atoms with Crippen molar-refractivity contribution in [1.82, 2.24) is 14.4 Å². The molecule has 0 saturated carbocycles. The molecule has 0 aliphatic rings. The molecule has 0 amide bonds. The van der Waals surface area contributed by atoms with Crippen LogP contribution in [0.25, 0.3) is 49.1 Å². The van der Waals surface area contributed by atoms with Gasteiger partial charge in [0, 0.05) is 28.6 Å². The van der Waals surface area contributed by atoms with Gasteiger partial charge >= 0.3 is 0 Å². The van der Waals surface area contributed by atoms with Crippen molar-refractivity contribution in [2.24, 2.45) is 0 Å².